The Labute approximate surface area is 230 Å². The van der Waals surface area contributed by atoms with E-state index in [1.54, 1.807) is 38.3 Å². The minimum Gasteiger partial charge on any atom is -0.497 e. The van der Waals surface area contributed by atoms with E-state index in [0.29, 0.717) is 43.6 Å². The number of rotatable bonds is 6. The van der Waals surface area contributed by atoms with Crippen LogP contribution >= 0.6 is 27.3 Å². The second kappa shape index (κ2) is 10.5. The number of allylic oxidation sites excluding steroid dienone is 1. The third-order valence-electron chi connectivity index (χ3n) is 6.19. The SMILES string of the molecule is COC(=O)C1=C(C)N=c2s/c(=C\c3ccc(-c4ccc(Br)cc4)o3)c(=O)n2[C@@H]1c1ccc(OC)cc1OC. The molecule has 0 spiro atoms. The molecular weight excluding hydrogens is 572 g/mol. The minimum atomic E-state index is -0.809. The lowest BCUT2D eigenvalue weighted by molar-refractivity contribution is -0.136. The number of aromatic nitrogens is 1. The van der Waals surface area contributed by atoms with Gasteiger partial charge in [0.05, 0.1) is 37.1 Å². The number of methoxy groups -OCH3 is 3. The van der Waals surface area contributed by atoms with Gasteiger partial charge in [-0.25, -0.2) is 9.79 Å². The molecule has 0 saturated heterocycles. The molecule has 0 unspecified atom stereocenters. The molecular formula is C28H23BrN2O6S. The summed E-state index contributed by atoms with van der Waals surface area (Å²) in [5.41, 5.74) is 1.92. The van der Waals surface area contributed by atoms with E-state index in [4.69, 9.17) is 18.6 Å². The fraction of sp³-hybridized carbons (Fsp3) is 0.179. The first-order valence-electron chi connectivity index (χ1n) is 11.5. The van der Waals surface area contributed by atoms with E-state index in [9.17, 15) is 9.59 Å². The zero-order valence-electron chi connectivity index (χ0n) is 21.0. The van der Waals surface area contributed by atoms with Gasteiger partial charge in [0.15, 0.2) is 4.80 Å². The predicted octanol–water partition coefficient (Wildman–Crippen LogP) is 4.45. The molecule has 1 atom stereocenters. The summed E-state index contributed by atoms with van der Waals surface area (Å²) in [7, 11) is 4.38. The van der Waals surface area contributed by atoms with Gasteiger partial charge in [-0.05, 0) is 43.3 Å². The van der Waals surface area contributed by atoms with Gasteiger partial charge >= 0.3 is 5.97 Å². The highest BCUT2D eigenvalue weighted by atomic mass is 79.9. The maximum absolute atomic E-state index is 13.8. The molecule has 1 aliphatic heterocycles. The van der Waals surface area contributed by atoms with Crippen molar-refractivity contribution in [1.29, 1.82) is 0 Å². The molecule has 0 bridgehead atoms. The number of halogens is 1. The molecule has 1 aliphatic rings. The van der Waals surface area contributed by atoms with Crippen LogP contribution in [0.25, 0.3) is 17.4 Å². The van der Waals surface area contributed by atoms with Gasteiger partial charge in [-0.2, -0.15) is 0 Å². The lowest BCUT2D eigenvalue weighted by Gasteiger charge is -2.25. The number of furan rings is 1. The van der Waals surface area contributed by atoms with Crippen molar-refractivity contribution < 1.29 is 23.4 Å². The van der Waals surface area contributed by atoms with Crippen LogP contribution in [0.4, 0.5) is 0 Å². The average Bonchev–Trinajstić information content (AvgIpc) is 3.51. The number of fused-ring (bicyclic) bond motifs is 1. The highest BCUT2D eigenvalue weighted by Crippen LogP contribution is 2.37. The second-order valence-corrected chi connectivity index (χ2v) is 10.3. The summed E-state index contributed by atoms with van der Waals surface area (Å²) in [5.74, 6) is 1.67. The van der Waals surface area contributed by atoms with Crippen molar-refractivity contribution in [1.82, 2.24) is 4.57 Å². The van der Waals surface area contributed by atoms with E-state index in [1.165, 1.54) is 30.1 Å². The van der Waals surface area contributed by atoms with Crippen molar-refractivity contribution in [2.24, 2.45) is 4.99 Å². The van der Waals surface area contributed by atoms with Gasteiger partial charge in [0.2, 0.25) is 0 Å². The molecule has 0 fully saturated rings. The number of benzene rings is 2. The number of thiazole rings is 1. The van der Waals surface area contributed by atoms with Crippen LogP contribution in [-0.4, -0.2) is 31.9 Å². The van der Waals surface area contributed by atoms with Gasteiger partial charge in [0.1, 0.15) is 29.1 Å². The first-order valence-corrected chi connectivity index (χ1v) is 13.1. The van der Waals surface area contributed by atoms with E-state index in [-0.39, 0.29) is 11.1 Å². The predicted molar refractivity (Wildman–Crippen MR) is 147 cm³/mol. The Balaban J connectivity index is 1.67. The van der Waals surface area contributed by atoms with Crippen molar-refractivity contribution in [2.45, 2.75) is 13.0 Å². The molecule has 5 rings (SSSR count). The Morgan fingerprint density at radius 2 is 1.84 bits per heavy atom. The molecule has 0 N–H and O–H groups in total. The molecule has 194 valence electrons. The maximum atomic E-state index is 13.8. The van der Waals surface area contributed by atoms with E-state index >= 15 is 0 Å². The van der Waals surface area contributed by atoms with Gasteiger partial charge in [-0.15, -0.1) is 0 Å². The summed E-state index contributed by atoms with van der Waals surface area (Å²) in [6, 6.07) is 15.9. The van der Waals surface area contributed by atoms with E-state index in [1.807, 2.05) is 36.4 Å². The zero-order chi connectivity index (χ0) is 27.0. The van der Waals surface area contributed by atoms with Crippen molar-refractivity contribution in [3.05, 3.63) is 101 Å². The number of carbonyl (C=O) groups is 1. The number of hydrogen-bond acceptors (Lipinski definition) is 8. The molecule has 0 amide bonds. The van der Waals surface area contributed by atoms with Gasteiger partial charge < -0.3 is 18.6 Å². The molecule has 0 radical (unpaired) electrons. The smallest absolute Gasteiger partial charge is 0.338 e. The maximum Gasteiger partial charge on any atom is 0.338 e. The van der Waals surface area contributed by atoms with Crippen LogP contribution in [0, 0.1) is 0 Å². The van der Waals surface area contributed by atoms with E-state index < -0.39 is 12.0 Å². The Hall–Kier alpha value is -3.89. The molecule has 2 aromatic heterocycles. The normalized spacial score (nSPS) is 15.2. The monoisotopic (exact) mass is 594 g/mol. The van der Waals surface area contributed by atoms with Crippen molar-refractivity contribution in [3.63, 3.8) is 0 Å². The minimum absolute atomic E-state index is 0.255. The summed E-state index contributed by atoms with van der Waals surface area (Å²) in [6.45, 7) is 1.73. The first kappa shape index (κ1) is 25.7. The van der Waals surface area contributed by atoms with Crippen LogP contribution in [0.3, 0.4) is 0 Å². The van der Waals surface area contributed by atoms with Crippen LogP contribution < -0.4 is 24.4 Å². The summed E-state index contributed by atoms with van der Waals surface area (Å²) in [5, 5.41) is 0. The molecule has 38 heavy (non-hydrogen) atoms. The molecule has 8 nitrogen and oxygen atoms in total. The van der Waals surface area contributed by atoms with Gasteiger partial charge in [0.25, 0.3) is 5.56 Å². The lowest BCUT2D eigenvalue weighted by atomic mass is 9.95. The molecule has 0 aliphatic carbocycles. The molecule has 2 aromatic carbocycles. The fourth-order valence-corrected chi connectivity index (χ4v) is 5.65. The summed E-state index contributed by atoms with van der Waals surface area (Å²) >= 11 is 4.65. The van der Waals surface area contributed by atoms with Gasteiger partial charge in [-0.1, -0.05) is 39.4 Å². The second-order valence-electron chi connectivity index (χ2n) is 8.39. The van der Waals surface area contributed by atoms with Crippen LogP contribution in [0.5, 0.6) is 11.5 Å². The summed E-state index contributed by atoms with van der Waals surface area (Å²) in [6.07, 6.45) is 1.69. The largest absolute Gasteiger partial charge is 0.497 e. The molecule has 3 heterocycles. The van der Waals surface area contributed by atoms with Crippen molar-refractivity contribution in [3.8, 4) is 22.8 Å². The summed E-state index contributed by atoms with van der Waals surface area (Å²) < 4.78 is 24.9. The van der Waals surface area contributed by atoms with Crippen LogP contribution in [-0.2, 0) is 9.53 Å². The number of esters is 1. The van der Waals surface area contributed by atoms with Crippen LogP contribution in [0.1, 0.15) is 24.3 Å². The molecule has 4 aromatic rings. The quantitative estimate of drug-likeness (QED) is 0.306. The van der Waals surface area contributed by atoms with Crippen molar-refractivity contribution in [2.75, 3.05) is 21.3 Å². The van der Waals surface area contributed by atoms with E-state index in [2.05, 4.69) is 20.9 Å². The number of ether oxygens (including phenoxy) is 3. The third kappa shape index (κ3) is 4.61. The van der Waals surface area contributed by atoms with Crippen LogP contribution in [0.2, 0.25) is 0 Å². The summed E-state index contributed by atoms with van der Waals surface area (Å²) in [4.78, 5) is 31.8. The number of hydrogen-bond donors (Lipinski definition) is 0. The number of carbonyl (C=O) groups excluding carboxylic acids is 1. The van der Waals surface area contributed by atoms with Crippen molar-refractivity contribution >= 4 is 39.3 Å². The lowest BCUT2D eigenvalue weighted by Crippen LogP contribution is -2.40. The average molecular weight is 595 g/mol. The Kier molecular flexibility index (Phi) is 7.09. The molecule has 10 heteroatoms. The Morgan fingerprint density at radius 1 is 1.08 bits per heavy atom. The zero-order valence-corrected chi connectivity index (χ0v) is 23.4. The third-order valence-corrected chi connectivity index (χ3v) is 7.70. The topological polar surface area (TPSA) is 92.3 Å². The van der Waals surface area contributed by atoms with Gasteiger partial charge in [-0.3, -0.25) is 9.36 Å². The van der Waals surface area contributed by atoms with Gasteiger partial charge in [0, 0.05) is 27.7 Å². The Bertz CT molecular complexity index is 1750. The fourth-order valence-electron chi connectivity index (χ4n) is 4.36. The molecule has 0 saturated carbocycles. The highest BCUT2D eigenvalue weighted by molar-refractivity contribution is 9.10. The highest BCUT2D eigenvalue weighted by Gasteiger charge is 2.35. The van der Waals surface area contributed by atoms with Crippen LogP contribution in [0.15, 0.2) is 84.5 Å². The first-order chi connectivity index (χ1) is 18.3. The number of nitrogens with zero attached hydrogens (tertiary/aromatic N) is 2. The standard InChI is InChI=1S/C28H23BrN2O6S/c1-15-24(27(33)36-4)25(20-11-9-18(34-2)13-22(20)35-3)31-26(32)23(38-28(31)30-15)14-19-10-12-21(37-19)16-5-7-17(29)8-6-16/h5-14,25H,1-4H3/b23-14-/t25-/m1/s1. The Morgan fingerprint density at radius 3 is 2.53 bits per heavy atom. The van der Waals surface area contributed by atoms with E-state index in [0.717, 1.165) is 10.0 Å².